The molecule has 1 heterocycles. The molecule has 134 valence electrons. The molecule has 0 fully saturated rings. The summed E-state index contributed by atoms with van der Waals surface area (Å²) in [5, 5.41) is 1.67. The Morgan fingerprint density at radius 3 is 2.20 bits per heavy atom. The molecule has 1 aliphatic rings. The first-order chi connectivity index (χ1) is 12.0. The van der Waals surface area contributed by atoms with Crippen molar-refractivity contribution in [1.29, 1.82) is 0 Å². The molecule has 0 saturated heterocycles. The van der Waals surface area contributed by atoms with Gasteiger partial charge in [-0.1, -0.05) is 30.3 Å². The summed E-state index contributed by atoms with van der Waals surface area (Å²) >= 11 is 0. The normalized spacial score (nSPS) is 16.3. The Bertz CT molecular complexity index is 676. The van der Waals surface area contributed by atoms with E-state index in [0.29, 0.717) is 5.56 Å². The Hall–Kier alpha value is -3.10. The summed E-state index contributed by atoms with van der Waals surface area (Å²) < 4.78 is 14.6. The lowest BCUT2D eigenvalue weighted by Crippen LogP contribution is -2.51. The fraction of sp³-hybridized carbons (Fsp3) is 0.375. The number of hydrogen-bond donors (Lipinski definition) is 0. The number of amides is 2. The van der Waals surface area contributed by atoms with Crippen molar-refractivity contribution in [3.63, 3.8) is 0 Å². The number of ether oxygens (including phenoxy) is 3. The van der Waals surface area contributed by atoms with Crippen LogP contribution >= 0.6 is 0 Å². The van der Waals surface area contributed by atoms with Gasteiger partial charge in [0, 0.05) is 0 Å². The first-order valence-electron chi connectivity index (χ1n) is 7.68. The second-order valence-electron chi connectivity index (χ2n) is 4.78. The molecule has 1 aromatic carbocycles. The van der Waals surface area contributed by atoms with Crippen LogP contribution in [0, 0.1) is 0 Å². The fourth-order valence-electron chi connectivity index (χ4n) is 2.24. The van der Waals surface area contributed by atoms with E-state index in [-0.39, 0.29) is 19.0 Å². The molecule has 1 unspecified atom stereocenters. The van der Waals surface area contributed by atoms with Crippen molar-refractivity contribution in [2.75, 3.05) is 20.3 Å². The summed E-state index contributed by atoms with van der Waals surface area (Å²) in [5.41, 5.74) is 0.587. The smallest absolute Gasteiger partial charge is 0.435 e. The molecule has 1 aliphatic heterocycles. The van der Waals surface area contributed by atoms with Crippen molar-refractivity contribution < 1.29 is 28.6 Å². The number of carbonyl (C=O) groups excluding carboxylic acids is 3. The maximum Gasteiger partial charge on any atom is 0.435 e. The molecule has 0 aromatic heterocycles. The van der Waals surface area contributed by atoms with E-state index in [1.54, 1.807) is 44.2 Å². The number of benzene rings is 1. The van der Waals surface area contributed by atoms with Gasteiger partial charge in [-0.05, 0) is 19.4 Å². The minimum Gasteiger partial charge on any atom is -0.463 e. The van der Waals surface area contributed by atoms with Gasteiger partial charge in [0.15, 0.2) is 6.17 Å². The van der Waals surface area contributed by atoms with Gasteiger partial charge in [-0.15, -0.1) is 0 Å². The van der Waals surface area contributed by atoms with Gasteiger partial charge >= 0.3 is 18.2 Å². The summed E-state index contributed by atoms with van der Waals surface area (Å²) in [5.74, 6) is -1.23. The average molecular weight is 349 g/mol. The third kappa shape index (κ3) is 3.70. The number of hydrogen-bond acceptors (Lipinski definition) is 7. The van der Waals surface area contributed by atoms with Crippen LogP contribution in [0.2, 0.25) is 0 Å². The summed E-state index contributed by atoms with van der Waals surface area (Å²) in [6.07, 6.45) is -2.73. The van der Waals surface area contributed by atoms with E-state index in [2.05, 4.69) is 9.73 Å². The van der Waals surface area contributed by atoms with Gasteiger partial charge in [-0.25, -0.2) is 19.4 Å². The van der Waals surface area contributed by atoms with Crippen molar-refractivity contribution in [2.45, 2.75) is 20.0 Å². The van der Waals surface area contributed by atoms with Crippen LogP contribution in [-0.4, -0.2) is 54.3 Å². The maximum absolute atomic E-state index is 12.4. The van der Waals surface area contributed by atoms with Crippen molar-refractivity contribution in [3.05, 3.63) is 35.9 Å². The highest BCUT2D eigenvalue weighted by Gasteiger charge is 2.47. The minimum atomic E-state index is -0.959. The molecule has 2 amide bonds. The van der Waals surface area contributed by atoms with E-state index in [4.69, 9.17) is 9.47 Å². The molecular formula is C16H19N3O6. The van der Waals surface area contributed by atoms with Crippen molar-refractivity contribution in [3.8, 4) is 0 Å². The summed E-state index contributed by atoms with van der Waals surface area (Å²) in [7, 11) is 1.15. The van der Waals surface area contributed by atoms with Gasteiger partial charge in [-0.3, -0.25) is 0 Å². The largest absolute Gasteiger partial charge is 0.463 e. The van der Waals surface area contributed by atoms with Crippen molar-refractivity contribution in [2.24, 2.45) is 4.99 Å². The second kappa shape index (κ2) is 8.13. The predicted molar refractivity (Wildman–Crippen MR) is 86.4 cm³/mol. The van der Waals surface area contributed by atoms with Gasteiger partial charge in [0.25, 0.3) is 0 Å². The van der Waals surface area contributed by atoms with Crippen LogP contribution < -0.4 is 0 Å². The third-order valence-electron chi connectivity index (χ3n) is 3.25. The van der Waals surface area contributed by atoms with Crippen LogP contribution in [0.3, 0.4) is 0 Å². The van der Waals surface area contributed by atoms with Gasteiger partial charge in [0.05, 0.1) is 20.3 Å². The predicted octanol–water partition coefficient (Wildman–Crippen LogP) is 2.10. The number of aliphatic imine (C=N–C) groups is 1. The Kier molecular flexibility index (Phi) is 5.93. The van der Waals surface area contributed by atoms with Crippen molar-refractivity contribution >= 4 is 24.0 Å². The molecule has 0 N–H and O–H groups in total. The second-order valence-corrected chi connectivity index (χ2v) is 4.78. The third-order valence-corrected chi connectivity index (χ3v) is 3.25. The fourth-order valence-corrected chi connectivity index (χ4v) is 2.24. The molecule has 0 aliphatic carbocycles. The molecule has 0 bridgehead atoms. The lowest BCUT2D eigenvalue weighted by atomic mass is 10.2. The van der Waals surface area contributed by atoms with Gasteiger partial charge in [0.1, 0.15) is 0 Å². The number of hydrazine groups is 1. The Labute approximate surface area is 144 Å². The molecule has 0 saturated carbocycles. The van der Waals surface area contributed by atoms with Crippen molar-refractivity contribution in [1.82, 2.24) is 10.0 Å². The van der Waals surface area contributed by atoms with E-state index in [1.807, 2.05) is 0 Å². The van der Waals surface area contributed by atoms with Crippen LogP contribution in [0.5, 0.6) is 0 Å². The molecule has 0 spiro atoms. The average Bonchev–Trinajstić information content (AvgIpc) is 3.03. The highest BCUT2D eigenvalue weighted by atomic mass is 16.6. The highest BCUT2D eigenvalue weighted by molar-refractivity contribution is 6.38. The molecule has 2 rings (SSSR count). The molecular weight excluding hydrogens is 330 g/mol. The molecule has 0 radical (unpaired) electrons. The molecule has 25 heavy (non-hydrogen) atoms. The minimum absolute atomic E-state index is 0.0520. The van der Waals surface area contributed by atoms with Crippen LogP contribution in [0.4, 0.5) is 9.59 Å². The number of carbonyl (C=O) groups is 3. The SMILES string of the molecule is CCOC(=O)N1C(C(=O)OC)=NC(c2ccccc2)N1C(=O)OCC. The molecule has 9 nitrogen and oxygen atoms in total. The zero-order valence-electron chi connectivity index (χ0n) is 14.2. The number of esters is 1. The Balaban J connectivity index is 2.51. The van der Waals surface area contributed by atoms with Crippen LogP contribution in [-0.2, 0) is 19.0 Å². The monoisotopic (exact) mass is 349 g/mol. The van der Waals surface area contributed by atoms with Crippen LogP contribution in [0.25, 0.3) is 0 Å². The van der Waals surface area contributed by atoms with E-state index >= 15 is 0 Å². The highest BCUT2D eigenvalue weighted by Crippen LogP contribution is 2.31. The van der Waals surface area contributed by atoms with E-state index in [1.165, 1.54) is 0 Å². The maximum atomic E-state index is 12.4. The lowest BCUT2D eigenvalue weighted by Gasteiger charge is -2.29. The standard InChI is InChI=1S/C16H19N3O6/c1-4-24-15(21)18-12(11-9-7-6-8-10-11)17-13(14(20)23-3)19(18)16(22)25-5-2/h6-10,12H,4-5H2,1-3H3. The van der Waals surface area contributed by atoms with Gasteiger partial charge in [0.2, 0.25) is 5.84 Å². The number of methoxy groups -OCH3 is 1. The summed E-state index contributed by atoms with van der Waals surface area (Å²) in [6, 6.07) is 8.72. The zero-order valence-corrected chi connectivity index (χ0v) is 14.2. The quantitative estimate of drug-likeness (QED) is 0.610. The molecule has 9 heteroatoms. The van der Waals surface area contributed by atoms with E-state index < -0.39 is 24.3 Å². The number of nitrogens with zero attached hydrogens (tertiary/aromatic N) is 3. The topological polar surface area (TPSA) is 97.7 Å². The Morgan fingerprint density at radius 2 is 1.64 bits per heavy atom. The first kappa shape index (κ1) is 18.2. The molecule has 1 aromatic rings. The lowest BCUT2D eigenvalue weighted by molar-refractivity contribution is -0.134. The van der Waals surface area contributed by atoms with Gasteiger partial charge in [-0.2, -0.15) is 10.0 Å². The summed E-state index contributed by atoms with van der Waals surface area (Å²) in [6.45, 7) is 3.37. The van der Waals surface area contributed by atoms with Crippen LogP contribution in [0.15, 0.2) is 35.3 Å². The molecule has 1 atom stereocenters. The first-order valence-corrected chi connectivity index (χ1v) is 7.68. The number of rotatable bonds is 4. The zero-order chi connectivity index (χ0) is 18.4. The van der Waals surface area contributed by atoms with Gasteiger partial charge < -0.3 is 14.2 Å². The van der Waals surface area contributed by atoms with E-state index in [0.717, 1.165) is 17.1 Å². The number of amidine groups is 1. The Morgan fingerprint density at radius 1 is 1.04 bits per heavy atom. The summed E-state index contributed by atoms with van der Waals surface area (Å²) in [4.78, 5) is 41.0. The van der Waals surface area contributed by atoms with Crippen LogP contribution in [0.1, 0.15) is 25.6 Å². The van der Waals surface area contributed by atoms with E-state index in [9.17, 15) is 14.4 Å².